The van der Waals surface area contributed by atoms with E-state index in [2.05, 4.69) is 10.6 Å². The molecule has 5 nitrogen and oxygen atoms in total. The molecular formula is C16H20N2O3. The topological polar surface area (TPSA) is 67.4 Å². The van der Waals surface area contributed by atoms with Crippen molar-refractivity contribution in [3.05, 3.63) is 35.5 Å². The van der Waals surface area contributed by atoms with E-state index in [1.807, 2.05) is 26.0 Å². The van der Waals surface area contributed by atoms with Gasteiger partial charge in [0.15, 0.2) is 0 Å². The molecule has 21 heavy (non-hydrogen) atoms. The zero-order valence-corrected chi connectivity index (χ0v) is 12.5. The second-order valence-corrected chi connectivity index (χ2v) is 5.16. The zero-order valence-electron chi connectivity index (χ0n) is 12.5. The van der Waals surface area contributed by atoms with Crippen molar-refractivity contribution in [3.8, 4) is 5.75 Å². The maximum absolute atomic E-state index is 12.1. The minimum absolute atomic E-state index is 0.108. The van der Waals surface area contributed by atoms with Crippen LogP contribution in [0.5, 0.6) is 5.75 Å². The molecule has 5 heteroatoms. The number of nitrogens with one attached hydrogen (secondary N) is 2. The quantitative estimate of drug-likeness (QED) is 0.829. The van der Waals surface area contributed by atoms with Crippen molar-refractivity contribution in [1.29, 1.82) is 0 Å². The molecule has 2 amide bonds. The van der Waals surface area contributed by atoms with Gasteiger partial charge in [0, 0.05) is 0 Å². The van der Waals surface area contributed by atoms with E-state index < -0.39 is 6.04 Å². The molecule has 0 radical (unpaired) electrons. The number of benzene rings is 1. The molecule has 1 saturated heterocycles. The van der Waals surface area contributed by atoms with Crippen LogP contribution in [0.15, 0.2) is 30.0 Å². The van der Waals surface area contributed by atoms with Crippen molar-refractivity contribution in [1.82, 2.24) is 10.6 Å². The Kier molecular flexibility index (Phi) is 4.62. The van der Waals surface area contributed by atoms with Crippen LogP contribution < -0.4 is 15.4 Å². The highest BCUT2D eigenvalue weighted by molar-refractivity contribution is 6.07. The fraction of sp³-hybridized carbons (Fsp3) is 0.375. The maximum atomic E-state index is 12.1. The lowest BCUT2D eigenvalue weighted by molar-refractivity contribution is -0.132. The SMILES string of the molecule is CCC(C)[C@@H]1NC(=O)/C(=C\c2ccc(OC)cc2)NC1=O. The summed E-state index contributed by atoms with van der Waals surface area (Å²) in [6, 6.07) is 6.79. The average molecular weight is 288 g/mol. The normalized spacial score (nSPS) is 21.7. The number of piperazine rings is 1. The summed E-state index contributed by atoms with van der Waals surface area (Å²) in [6.45, 7) is 3.94. The van der Waals surface area contributed by atoms with E-state index in [0.717, 1.165) is 17.7 Å². The summed E-state index contributed by atoms with van der Waals surface area (Å²) >= 11 is 0. The predicted molar refractivity (Wildman–Crippen MR) is 80.5 cm³/mol. The molecule has 0 spiro atoms. The van der Waals surface area contributed by atoms with Crippen LogP contribution >= 0.6 is 0 Å². The lowest BCUT2D eigenvalue weighted by atomic mass is 9.96. The molecule has 1 aromatic carbocycles. The Labute approximate surface area is 124 Å². The van der Waals surface area contributed by atoms with Gasteiger partial charge >= 0.3 is 0 Å². The Balaban J connectivity index is 2.16. The van der Waals surface area contributed by atoms with E-state index >= 15 is 0 Å². The van der Waals surface area contributed by atoms with Crippen LogP contribution in [0.25, 0.3) is 6.08 Å². The van der Waals surface area contributed by atoms with Crippen LogP contribution in [0, 0.1) is 5.92 Å². The Morgan fingerprint density at radius 1 is 1.29 bits per heavy atom. The molecule has 0 aliphatic carbocycles. The summed E-state index contributed by atoms with van der Waals surface area (Å²) in [5.41, 5.74) is 1.09. The van der Waals surface area contributed by atoms with Crippen molar-refractivity contribution in [2.75, 3.05) is 7.11 Å². The van der Waals surface area contributed by atoms with Gasteiger partial charge in [0.1, 0.15) is 17.5 Å². The molecule has 2 N–H and O–H groups in total. The molecule has 1 unspecified atom stereocenters. The van der Waals surface area contributed by atoms with E-state index in [9.17, 15) is 9.59 Å². The van der Waals surface area contributed by atoms with Crippen molar-refractivity contribution < 1.29 is 14.3 Å². The molecule has 0 saturated carbocycles. The largest absolute Gasteiger partial charge is 0.497 e. The second kappa shape index (κ2) is 6.43. The highest BCUT2D eigenvalue weighted by Gasteiger charge is 2.32. The summed E-state index contributed by atoms with van der Waals surface area (Å²) in [5.74, 6) is 0.432. The van der Waals surface area contributed by atoms with Crippen molar-refractivity contribution in [2.45, 2.75) is 26.3 Å². The van der Waals surface area contributed by atoms with Crippen LogP contribution in [0.1, 0.15) is 25.8 Å². The van der Waals surface area contributed by atoms with Crippen LogP contribution in [0.3, 0.4) is 0 Å². The van der Waals surface area contributed by atoms with Gasteiger partial charge in [-0.25, -0.2) is 0 Å². The first-order chi connectivity index (χ1) is 10.0. The fourth-order valence-electron chi connectivity index (χ4n) is 2.16. The second-order valence-electron chi connectivity index (χ2n) is 5.16. The van der Waals surface area contributed by atoms with E-state index in [4.69, 9.17) is 4.74 Å². The molecule has 1 heterocycles. The van der Waals surface area contributed by atoms with Gasteiger partial charge in [-0.3, -0.25) is 9.59 Å². The fourth-order valence-corrected chi connectivity index (χ4v) is 2.16. The summed E-state index contributed by atoms with van der Waals surface area (Å²) in [4.78, 5) is 24.1. The van der Waals surface area contributed by atoms with Gasteiger partial charge in [-0.15, -0.1) is 0 Å². The number of carbonyl (C=O) groups is 2. The molecule has 1 aromatic rings. The Morgan fingerprint density at radius 2 is 1.95 bits per heavy atom. The number of ether oxygens (including phenoxy) is 1. The Hall–Kier alpha value is -2.30. The number of methoxy groups -OCH3 is 1. The predicted octanol–water partition coefficient (Wildman–Crippen LogP) is 1.70. The van der Waals surface area contributed by atoms with Crippen molar-refractivity contribution in [3.63, 3.8) is 0 Å². The summed E-state index contributed by atoms with van der Waals surface area (Å²) in [5, 5.41) is 5.45. The van der Waals surface area contributed by atoms with Crippen LogP contribution in [-0.2, 0) is 9.59 Å². The summed E-state index contributed by atoms with van der Waals surface area (Å²) in [6.07, 6.45) is 2.48. The minimum atomic E-state index is -0.462. The minimum Gasteiger partial charge on any atom is -0.497 e. The van der Waals surface area contributed by atoms with Crippen molar-refractivity contribution in [2.24, 2.45) is 5.92 Å². The standard InChI is InChI=1S/C16H20N2O3/c1-4-10(2)14-16(20)17-13(15(19)18-14)9-11-5-7-12(21-3)8-6-11/h5-10,14H,4H2,1-3H3,(H,17,20)(H,18,19)/b13-9+/t10?,14-/m0/s1. The molecule has 2 atom stereocenters. The highest BCUT2D eigenvalue weighted by Crippen LogP contribution is 2.16. The first kappa shape index (κ1) is 15.1. The van der Waals surface area contributed by atoms with Crippen LogP contribution in [0.4, 0.5) is 0 Å². The van der Waals surface area contributed by atoms with Crippen LogP contribution in [0.2, 0.25) is 0 Å². The van der Waals surface area contributed by atoms with Gasteiger partial charge in [-0.05, 0) is 29.7 Å². The Bertz CT molecular complexity index is 563. The third-order valence-corrected chi connectivity index (χ3v) is 3.71. The molecule has 112 valence electrons. The highest BCUT2D eigenvalue weighted by atomic mass is 16.5. The van der Waals surface area contributed by atoms with E-state index in [0.29, 0.717) is 0 Å². The number of hydrogen-bond acceptors (Lipinski definition) is 3. The van der Waals surface area contributed by atoms with E-state index in [1.54, 1.807) is 25.3 Å². The summed E-state index contributed by atoms with van der Waals surface area (Å²) in [7, 11) is 1.59. The van der Waals surface area contributed by atoms with E-state index in [1.165, 1.54) is 0 Å². The van der Waals surface area contributed by atoms with Crippen molar-refractivity contribution >= 4 is 17.9 Å². The molecule has 2 rings (SSSR count). The van der Waals surface area contributed by atoms with Gasteiger partial charge < -0.3 is 15.4 Å². The first-order valence-corrected chi connectivity index (χ1v) is 7.02. The number of carbonyl (C=O) groups excluding carboxylic acids is 2. The van der Waals surface area contributed by atoms with Crippen LogP contribution in [-0.4, -0.2) is 25.0 Å². The average Bonchev–Trinajstić information content (AvgIpc) is 2.50. The molecule has 1 fully saturated rings. The monoisotopic (exact) mass is 288 g/mol. The molecule has 1 aliphatic rings. The third-order valence-electron chi connectivity index (χ3n) is 3.71. The zero-order chi connectivity index (χ0) is 15.4. The van der Waals surface area contributed by atoms with Gasteiger partial charge in [0.2, 0.25) is 5.91 Å². The molecule has 0 aromatic heterocycles. The molecular weight excluding hydrogens is 268 g/mol. The third kappa shape index (κ3) is 3.42. The number of hydrogen-bond donors (Lipinski definition) is 2. The first-order valence-electron chi connectivity index (χ1n) is 7.02. The van der Waals surface area contributed by atoms with Gasteiger partial charge in [0.05, 0.1) is 7.11 Å². The maximum Gasteiger partial charge on any atom is 0.268 e. The van der Waals surface area contributed by atoms with Gasteiger partial charge in [0.25, 0.3) is 5.91 Å². The number of rotatable bonds is 4. The lowest BCUT2D eigenvalue weighted by Gasteiger charge is -2.28. The summed E-state index contributed by atoms with van der Waals surface area (Å²) < 4.78 is 5.08. The molecule has 1 aliphatic heterocycles. The smallest absolute Gasteiger partial charge is 0.268 e. The van der Waals surface area contributed by atoms with Gasteiger partial charge in [-0.1, -0.05) is 32.4 Å². The Morgan fingerprint density at radius 3 is 2.52 bits per heavy atom. The molecule has 0 bridgehead atoms. The van der Waals surface area contributed by atoms with Gasteiger partial charge in [-0.2, -0.15) is 0 Å². The lowest BCUT2D eigenvalue weighted by Crippen LogP contribution is -2.57. The number of amides is 2. The van der Waals surface area contributed by atoms with E-state index in [-0.39, 0.29) is 23.4 Å².